The van der Waals surface area contributed by atoms with Crippen molar-refractivity contribution in [1.82, 2.24) is 4.90 Å². The first-order valence-electron chi connectivity index (χ1n) is 9.24. The van der Waals surface area contributed by atoms with Crippen LogP contribution in [-0.4, -0.2) is 37.0 Å². The number of halogens is 2. The lowest BCUT2D eigenvalue weighted by Gasteiger charge is -2.29. The quantitative estimate of drug-likeness (QED) is 0.488. The second-order valence-corrected chi connectivity index (χ2v) is 8.25. The maximum Gasteiger partial charge on any atom is 0.308 e. The van der Waals surface area contributed by atoms with E-state index in [4.69, 9.17) is 16.3 Å². The van der Waals surface area contributed by atoms with Gasteiger partial charge in [0.1, 0.15) is 5.82 Å². The largest absolute Gasteiger partial charge is 0.469 e. The number of methoxy groups -OCH3 is 1. The highest BCUT2D eigenvalue weighted by molar-refractivity contribution is 7.99. The average Bonchev–Trinajstić information content (AvgIpc) is 2.74. The molecule has 1 amide bonds. The van der Waals surface area contributed by atoms with Crippen LogP contribution in [-0.2, 0) is 14.3 Å². The van der Waals surface area contributed by atoms with Crippen LogP contribution in [0.2, 0.25) is 5.02 Å². The summed E-state index contributed by atoms with van der Waals surface area (Å²) in [4.78, 5) is 27.6. The summed E-state index contributed by atoms with van der Waals surface area (Å²) in [5.41, 5.74) is 0.743. The minimum absolute atomic E-state index is 0.103. The van der Waals surface area contributed by atoms with Gasteiger partial charge in [0, 0.05) is 34.0 Å². The van der Waals surface area contributed by atoms with Gasteiger partial charge in [-0.3, -0.25) is 9.59 Å². The number of piperidine rings is 1. The van der Waals surface area contributed by atoms with Crippen molar-refractivity contribution >= 4 is 41.3 Å². The molecule has 3 rings (SSSR count). The molecule has 0 unspecified atom stereocenters. The molecule has 0 radical (unpaired) electrons. The lowest BCUT2D eigenvalue weighted by molar-refractivity contribution is -0.148. The van der Waals surface area contributed by atoms with Gasteiger partial charge in [-0.05, 0) is 60.9 Å². The van der Waals surface area contributed by atoms with Gasteiger partial charge in [0.05, 0.1) is 13.0 Å². The Balaban J connectivity index is 1.58. The van der Waals surface area contributed by atoms with Crippen LogP contribution in [0.3, 0.4) is 0 Å². The second kappa shape index (κ2) is 9.94. The number of ether oxygens (including phenoxy) is 1. The van der Waals surface area contributed by atoms with E-state index in [1.54, 1.807) is 23.1 Å². The van der Waals surface area contributed by atoms with Crippen molar-refractivity contribution in [3.63, 3.8) is 0 Å². The Kier molecular flexibility index (Phi) is 7.34. The molecule has 0 spiro atoms. The number of hydrogen-bond acceptors (Lipinski definition) is 4. The third-order valence-electron chi connectivity index (χ3n) is 4.77. The van der Waals surface area contributed by atoms with Crippen LogP contribution in [0.5, 0.6) is 0 Å². The molecule has 1 heterocycles. The van der Waals surface area contributed by atoms with E-state index in [0.29, 0.717) is 31.0 Å². The second-order valence-electron chi connectivity index (χ2n) is 6.70. The summed E-state index contributed by atoms with van der Waals surface area (Å²) in [5, 5.41) is 0.533. The fourth-order valence-electron chi connectivity index (χ4n) is 3.11. The van der Waals surface area contributed by atoms with E-state index >= 15 is 0 Å². The molecule has 1 saturated heterocycles. The SMILES string of the molecule is COC(=O)C1CCN(C(=O)C=Cc2ccc(Sc3ccc(F)cc3)cc2Cl)CC1. The number of carbonyl (C=O) groups excluding carboxylic acids is 2. The molecule has 1 fully saturated rings. The summed E-state index contributed by atoms with van der Waals surface area (Å²) >= 11 is 7.84. The Morgan fingerprint density at radius 3 is 2.41 bits per heavy atom. The summed E-state index contributed by atoms with van der Waals surface area (Å²) in [5.74, 6) is -0.715. The normalized spacial score (nSPS) is 14.9. The van der Waals surface area contributed by atoms with Gasteiger partial charge in [0.25, 0.3) is 0 Å². The molecular formula is C22H21ClFNO3S. The summed E-state index contributed by atoms with van der Waals surface area (Å²) in [6, 6.07) is 11.8. The Hall–Kier alpha value is -2.31. The van der Waals surface area contributed by atoms with E-state index in [0.717, 1.165) is 15.4 Å². The Morgan fingerprint density at radius 1 is 1.14 bits per heavy atom. The molecule has 0 aromatic heterocycles. The minimum Gasteiger partial charge on any atom is -0.469 e. The number of rotatable bonds is 5. The average molecular weight is 434 g/mol. The number of esters is 1. The lowest BCUT2D eigenvalue weighted by atomic mass is 9.97. The van der Waals surface area contributed by atoms with Gasteiger partial charge < -0.3 is 9.64 Å². The first kappa shape index (κ1) is 21.4. The predicted octanol–water partition coefficient (Wildman–Crippen LogP) is 5.06. The maximum atomic E-state index is 13.0. The third kappa shape index (κ3) is 5.84. The molecule has 0 aliphatic carbocycles. The van der Waals surface area contributed by atoms with E-state index in [9.17, 15) is 14.0 Å². The number of nitrogens with zero attached hydrogens (tertiary/aromatic N) is 1. The first-order chi connectivity index (χ1) is 14.0. The van der Waals surface area contributed by atoms with Gasteiger partial charge in [-0.15, -0.1) is 0 Å². The zero-order chi connectivity index (χ0) is 20.8. The molecule has 1 aliphatic rings. The van der Waals surface area contributed by atoms with Crippen LogP contribution in [0, 0.1) is 11.7 Å². The van der Waals surface area contributed by atoms with Crippen LogP contribution in [0.4, 0.5) is 4.39 Å². The lowest BCUT2D eigenvalue weighted by Crippen LogP contribution is -2.39. The van der Waals surface area contributed by atoms with Crippen LogP contribution >= 0.6 is 23.4 Å². The van der Waals surface area contributed by atoms with E-state index in [-0.39, 0.29) is 23.6 Å². The first-order valence-corrected chi connectivity index (χ1v) is 10.4. The van der Waals surface area contributed by atoms with Gasteiger partial charge in [0.2, 0.25) is 5.91 Å². The monoisotopic (exact) mass is 433 g/mol. The van der Waals surface area contributed by atoms with Gasteiger partial charge in [0.15, 0.2) is 0 Å². The Bertz CT molecular complexity index is 909. The summed E-state index contributed by atoms with van der Waals surface area (Å²) in [6.45, 7) is 1.06. The predicted molar refractivity (Wildman–Crippen MR) is 112 cm³/mol. The molecule has 0 bridgehead atoms. The van der Waals surface area contributed by atoms with E-state index in [2.05, 4.69) is 0 Å². The molecule has 2 aromatic rings. The van der Waals surface area contributed by atoms with Crippen molar-refractivity contribution in [1.29, 1.82) is 0 Å². The number of amides is 1. The van der Waals surface area contributed by atoms with Crippen molar-refractivity contribution in [3.05, 3.63) is 64.9 Å². The zero-order valence-corrected chi connectivity index (χ0v) is 17.5. The molecule has 2 aromatic carbocycles. The van der Waals surface area contributed by atoms with Crippen molar-refractivity contribution in [2.24, 2.45) is 5.92 Å². The van der Waals surface area contributed by atoms with Crippen molar-refractivity contribution in [3.8, 4) is 0 Å². The van der Waals surface area contributed by atoms with E-state index < -0.39 is 0 Å². The van der Waals surface area contributed by atoms with E-state index in [1.807, 2.05) is 18.2 Å². The number of hydrogen-bond donors (Lipinski definition) is 0. The number of likely N-dealkylation sites (tertiary alicyclic amines) is 1. The van der Waals surface area contributed by atoms with Crippen LogP contribution < -0.4 is 0 Å². The number of benzene rings is 2. The topological polar surface area (TPSA) is 46.6 Å². The molecule has 152 valence electrons. The fraction of sp³-hybridized carbons (Fsp3) is 0.273. The van der Waals surface area contributed by atoms with Crippen molar-refractivity contribution < 1.29 is 18.7 Å². The summed E-state index contributed by atoms with van der Waals surface area (Å²) < 4.78 is 17.8. The molecule has 0 atom stereocenters. The Morgan fingerprint density at radius 2 is 1.79 bits per heavy atom. The minimum atomic E-state index is -0.271. The maximum absolute atomic E-state index is 13.0. The van der Waals surface area contributed by atoms with Gasteiger partial charge in [-0.25, -0.2) is 4.39 Å². The van der Waals surface area contributed by atoms with Crippen LogP contribution in [0.25, 0.3) is 6.08 Å². The van der Waals surface area contributed by atoms with Crippen molar-refractivity contribution in [2.75, 3.05) is 20.2 Å². The molecule has 29 heavy (non-hydrogen) atoms. The fourth-order valence-corrected chi connectivity index (χ4v) is 4.28. The molecular weight excluding hydrogens is 413 g/mol. The van der Waals surface area contributed by atoms with Gasteiger partial charge in [-0.1, -0.05) is 29.4 Å². The van der Waals surface area contributed by atoms with Crippen molar-refractivity contribution in [2.45, 2.75) is 22.6 Å². The molecule has 0 N–H and O–H groups in total. The highest BCUT2D eigenvalue weighted by atomic mass is 35.5. The Labute approximate surface area is 178 Å². The molecule has 1 aliphatic heterocycles. The molecule has 4 nitrogen and oxygen atoms in total. The molecule has 7 heteroatoms. The van der Waals surface area contributed by atoms with Gasteiger partial charge in [-0.2, -0.15) is 0 Å². The highest BCUT2D eigenvalue weighted by Crippen LogP contribution is 2.31. The molecule has 0 saturated carbocycles. The van der Waals surface area contributed by atoms with Crippen LogP contribution in [0.15, 0.2) is 58.3 Å². The van der Waals surface area contributed by atoms with Gasteiger partial charge >= 0.3 is 5.97 Å². The third-order valence-corrected chi connectivity index (χ3v) is 6.09. The van der Waals surface area contributed by atoms with E-state index in [1.165, 1.54) is 37.1 Å². The summed E-state index contributed by atoms with van der Waals surface area (Å²) in [6.07, 6.45) is 4.43. The smallest absolute Gasteiger partial charge is 0.308 e. The highest BCUT2D eigenvalue weighted by Gasteiger charge is 2.26. The zero-order valence-electron chi connectivity index (χ0n) is 15.9. The van der Waals surface area contributed by atoms with Crippen LogP contribution in [0.1, 0.15) is 18.4 Å². The standard InChI is InChI=1S/C22H21ClFNO3S/c1-28-22(27)16-10-12-25(13-11-16)21(26)9-3-15-2-6-19(14-20(15)23)29-18-7-4-17(24)5-8-18/h2-9,14,16H,10-13H2,1H3. The number of carbonyl (C=O) groups is 2. The summed E-state index contributed by atoms with van der Waals surface area (Å²) in [7, 11) is 1.38.